The van der Waals surface area contributed by atoms with Gasteiger partial charge in [-0.2, -0.15) is 4.68 Å². The minimum Gasteiger partial charge on any atom is -0.399 e. The first kappa shape index (κ1) is 12.6. The number of nitrogens with two attached hydrogens (primary N) is 1. The fraction of sp³-hybridized carbons (Fsp3) is 0. The van der Waals surface area contributed by atoms with Gasteiger partial charge in [-0.15, -0.1) is 5.10 Å². The summed E-state index contributed by atoms with van der Waals surface area (Å²) in [7, 11) is 0. The molecule has 0 atom stereocenters. The van der Waals surface area contributed by atoms with Crippen molar-refractivity contribution in [3.8, 4) is 17.1 Å². The number of hydrogen-bond donors (Lipinski definition) is 1. The van der Waals surface area contributed by atoms with E-state index in [1.807, 2.05) is 6.07 Å². The number of benzene rings is 2. The third-order valence-corrected chi connectivity index (χ3v) is 3.07. The molecular weight excluding hydrogens is 281 g/mol. The van der Waals surface area contributed by atoms with E-state index in [2.05, 4.69) is 15.5 Å². The lowest BCUT2D eigenvalue weighted by Crippen LogP contribution is -2.00. The molecule has 0 saturated heterocycles. The van der Waals surface area contributed by atoms with Crippen molar-refractivity contribution < 1.29 is 4.39 Å². The summed E-state index contributed by atoms with van der Waals surface area (Å²) in [5.74, 6) is -0.0581. The van der Waals surface area contributed by atoms with Gasteiger partial charge in [0, 0.05) is 17.3 Å². The number of tetrazole rings is 1. The largest absolute Gasteiger partial charge is 0.399 e. The van der Waals surface area contributed by atoms with Crippen LogP contribution in [-0.4, -0.2) is 20.2 Å². The molecule has 7 heteroatoms. The van der Waals surface area contributed by atoms with Crippen molar-refractivity contribution in [1.29, 1.82) is 0 Å². The zero-order chi connectivity index (χ0) is 14.1. The molecule has 3 rings (SSSR count). The van der Waals surface area contributed by atoms with Crippen LogP contribution < -0.4 is 5.73 Å². The van der Waals surface area contributed by atoms with Gasteiger partial charge in [0.15, 0.2) is 5.82 Å². The Morgan fingerprint density at radius 3 is 2.75 bits per heavy atom. The monoisotopic (exact) mass is 289 g/mol. The van der Waals surface area contributed by atoms with E-state index in [-0.39, 0.29) is 5.02 Å². The Kier molecular flexibility index (Phi) is 3.08. The lowest BCUT2D eigenvalue weighted by atomic mass is 10.2. The van der Waals surface area contributed by atoms with Crippen molar-refractivity contribution in [1.82, 2.24) is 20.2 Å². The molecule has 0 bridgehead atoms. The molecule has 0 aliphatic rings. The molecule has 0 unspecified atom stereocenters. The average Bonchev–Trinajstić information content (AvgIpc) is 2.91. The Balaban J connectivity index is 2.12. The second kappa shape index (κ2) is 4.90. The maximum atomic E-state index is 13.5. The van der Waals surface area contributed by atoms with Gasteiger partial charge >= 0.3 is 0 Å². The molecule has 2 aromatic carbocycles. The molecule has 5 nitrogen and oxygen atoms in total. The van der Waals surface area contributed by atoms with Gasteiger partial charge in [-0.05, 0) is 34.7 Å². The van der Waals surface area contributed by atoms with E-state index in [4.69, 9.17) is 17.3 Å². The number of nitrogens with zero attached hydrogens (tertiary/aromatic N) is 4. The Bertz CT molecular complexity index is 771. The molecule has 100 valence electrons. The first-order valence-electron chi connectivity index (χ1n) is 5.75. The minimum atomic E-state index is -0.529. The van der Waals surface area contributed by atoms with Crippen molar-refractivity contribution in [3.63, 3.8) is 0 Å². The minimum absolute atomic E-state index is 0.0485. The lowest BCUT2D eigenvalue weighted by molar-refractivity contribution is 0.625. The number of halogens is 2. The Morgan fingerprint density at radius 2 is 2.00 bits per heavy atom. The molecule has 0 spiro atoms. The number of nitrogen functional groups attached to an aromatic ring is 1. The molecule has 0 aliphatic carbocycles. The van der Waals surface area contributed by atoms with E-state index in [9.17, 15) is 4.39 Å². The Labute approximate surface area is 118 Å². The van der Waals surface area contributed by atoms with Crippen LogP contribution in [0.4, 0.5) is 10.1 Å². The lowest BCUT2D eigenvalue weighted by Gasteiger charge is -2.06. The Morgan fingerprint density at radius 1 is 1.15 bits per heavy atom. The molecule has 0 aliphatic heterocycles. The van der Waals surface area contributed by atoms with Crippen molar-refractivity contribution in [2.24, 2.45) is 0 Å². The molecular formula is C13H9ClFN5. The van der Waals surface area contributed by atoms with E-state index in [1.165, 1.54) is 16.8 Å². The van der Waals surface area contributed by atoms with Crippen LogP contribution in [0.15, 0.2) is 42.5 Å². The summed E-state index contributed by atoms with van der Waals surface area (Å²) in [6.07, 6.45) is 0. The van der Waals surface area contributed by atoms with Crippen molar-refractivity contribution in [2.75, 3.05) is 5.73 Å². The van der Waals surface area contributed by atoms with Crippen LogP contribution in [0.5, 0.6) is 0 Å². The third-order valence-electron chi connectivity index (χ3n) is 2.76. The summed E-state index contributed by atoms with van der Waals surface area (Å²) >= 11 is 5.67. The van der Waals surface area contributed by atoms with E-state index in [0.717, 1.165) is 5.56 Å². The predicted octanol–water partition coefficient (Wildman–Crippen LogP) is 2.70. The first-order chi connectivity index (χ1) is 9.65. The Hall–Kier alpha value is -2.47. The van der Waals surface area contributed by atoms with Crippen LogP contribution in [0.2, 0.25) is 5.02 Å². The molecule has 20 heavy (non-hydrogen) atoms. The molecule has 1 heterocycles. The summed E-state index contributed by atoms with van der Waals surface area (Å²) in [4.78, 5) is 0. The van der Waals surface area contributed by atoms with E-state index in [0.29, 0.717) is 17.2 Å². The van der Waals surface area contributed by atoms with Crippen molar-refractivity contribution >= 4 is 17.3 Å². The van der Waals surface area contributed by atoms with Gasteiger partial charge < -0.3 is 5.73 Å². The standard InChI is InChI=1S/C13H9ClFN5/c14-11-5-4-10(7-12(11)15)20-13(17-18-19-20)8-2-1-3-9(16)6-8/h1-7H,16H2. The van der Waals surface area contributed by atoms with Crippen molar-refractivity contribution in [2.45, 2.75) is 0 Å². The van der Waals surface area contributed by atoms with Gasteiger partial charge in [0.1, 0.15) is 5.82 Å². The normalized spacial score (nSPS) is 10.7. The highest BCUT2D eigenvalue weighted by Crippen LogP contribution is 2.23. The number of rotatable bonds is 2. The van der Waals surface area contributed by atoms with Crippen LogP contribution >= 0.6 is 11.6 Å². The SMILES string of the molecule is Nc1cccc(-c2nnnn2-c2ccc(Cl)c(F)c2)c1. The van der Waals surface area contributed by atoms with Gasteiger partial charge in [0.2, 0.25) is 0 Å². The van der Waals surface area contributed by atoms with Crippen LogP contribution in [0.1, 0.15) is 0 Å². The quantitative estimate of drug-likeness (QED) is 0.736. The molecule has 2 N–H and O–H groups in total. The third kappa shape index (κ3) is 2.21. The molecule has 1 aromatic heterocycles. The van der Waals surface area contributed by atoms with Crippen LogP contribution in [-0.2, 0) is 0 Å². The summed E-state index contributed by atoms with van der Waals surface area (Å²) in [6.45, 7) is 0. The maximum absolute atomic E-state index is 13.5. The molecule has 0 saturated carbocycles. The highest BCUT2D eigenvalue weighted by Gasteiger charge is 2.12. The molecule has 0 amide bonds. The van der Waals surface area contributed by atoms with Gasteiger partial charge in [-0.1, -0.05) is 23.7 Å². The zero-order valence-corrected chi connectivity index (χ0v) is 10.9. The van der Waals surface area contributed by atoms with Crippen LogP contribution in [0, 0.1) is 5.82 Å². The highest BCUT2D eigenvalue weighted by atomic mass is 35.5. The second-order valence-corrected chi connectivity index (χ2v) is 4.55. The number of hydrogen-bond acceptors (Lipinski definition) is 4. The van der Waals surface area contributed by atoms with Crippen LogP contribution in [0.25, 0.3) is 17.1 Å². The van der Waals surface area contributed by atoms with Gasteiger partial charge in [-0.3, -0.25) is 0 Å². The smallest absolute Gasteiger partial charge is 0.187 e. The van der Waals surface area contributed by atoms with E-state index < -0.39 is 5.82 Å². The summed E-state index contributed by atoms with van der Waals surface area (Å²) in [5.41, 5.74) is 7.56. The molecule has 3 aromatic rings. The van der Waals surface area contributed by atoms with Crippen molar-refractivity contribution in [3.05, 3.63) is 53.3 Å². The van der Waals surface area contributed by atoms with Gasteiger partial charge in [0.05, 0.1) is 10.7 Å². The fourth-order valence-corrected chi connectivity index (χ4v) is 1.95. The molecule has 0 radical (unpaired) electrons. The molecule has 0 fully saturated rings. The number of anilines is 1. The number of aromatic nitrogens is 4. The topological polar surface area (TPSA) is 69.6 Å². The highest BCUT2D eigenvalue weighted by molar-refractivity contribution is 6.30. The van der Waals surface area contributed by atoms with E-state index in [1.54, 1.807) is 24.3 Å². The summed E-state index contributed by atoms with van der Waals surface area (Å²) in [6, 6.07) is 11.5. The van der Waals surface area contributed by atoms with E-state index >= 15 is 0 Å². The second-order valence-electron chi connectivity index (χ2n) is 4.14. The fourth-order valence-electron chi connectivity index (χ4n) is 1.84. The van der Waals surface area contributed by atoms with Gasteiger partial charge in [0.25, 0.3) is 0 Å². The summed E-state index contributed by atoms with van der Waals surface area (Å²) < 4.78 is 15.0. The predicted molar refractivity (Wildman–Crippen MR) is 74.0 cm³/mol. The zero-order valence-electron chi connectivity index (χ0n) is 10.2. The van der Waals surface area contributed by atoms with Crippen LogP contribution in [0.3, 0.4) is 0 Å². The maximum Gasteiger partial charge on any atom is 0.187 e. The average molecular weight is 290 g/mol. The van der Waals surface area contributed by atoms with Gasteiger partial charge in [-0.25, -0.2) is 4.39 Å². The first-order valence-corrected chi connectivity index (χ1v) is 6.12. The summed E-state index contributed by atoms with van der Waals surface area (Å²) in [5, 5.41) is 11.5.